The van der Waals surface area contributed by atoms with Gasteiger partial charge in [0.25, 0.3) is 0 Å². The molecule has 2 unspecified atom stereocenters. The molecule has 0 amide bonds. The molecule has 0 aliphatic heterocycles. The number of ether oxygens (including phenoxy) is 2. The lowest BCUT2D eigenvalue weighted by atomic mass is 9.98. The van der Waals surface area contributed by atoms with Crippen LogP contribution in [0.1, 0.15) is 46.6 Å². The van der Waals surface area contributed by atoms with E-state index in [1.807, 2.05) is 31.2 Å². The Morgan fingerprint density at radius 2 is 1.84 bits per heavy atom. The monoisotopic (exact) mass is 340 g/mol. The topological polar surface area (TPSA) is 35.5 Å². The first kappa shape index (κ1) is 19.1. The van der Waals surface area contributed by atoms with Gasteiger partial charge < -0.3 is 9.47 Å². The highest BCUT2D eigenvalue weighted by Crippen LogP contribution is 2.58. The second-order valence-corrected chi connectivity index (χ2v) is 7.11. The van der Waals surface area contributed by atoms with E-state index in [2.05, 4.69) is 33.6 Å². The van der Waals surface area contributed by atoms with Crippen LogP contribution < -0.4 is 4.74 Å². The fourth-order valence-electron chi connectivity index (χ4n) is 3.36. The van der Waals surface area contributed by atoms with Crippen molar-refractivity contribution in [2.45, 2.75) is 41.0 Å². The van der Waals surface area contributed by atoms with Crippen LogP contribution in [0.2, 0.25) is 0 Å². The van der Waals surface area contributed by atoms with Crippen molar-refractivity contribution in [1.82, 2.24) is 0 Å². The van der Waals surface area contributed by atoms with E-state index in [4.69, 9.17) is 15.9 Å². The van der Waals surface area contributed by atoms with Gasteiger partial charge in [-0.2, -0.15) is 0 Å². The summed E-state index contributed by atoms with van der Waals surface area (Å²) in [7, 11) is 0. The zero-order valence-corrected chi connectivity index (χ0v) is 15.9. The zero-order valence-electron chi connectivity index (χ0n) is 15.9. The Morgan fingerprint density at radius 3 is 2.28 bits per heavy atom. The molecule has 3 heteroatoms. The van der Waals surface area contributed by atoms with E-state index in [0.29, 0.717) is 12.5 Å². The molecule has 1 aliphatic rings. The van der Waals surface area contributed by atoms with Crippen molar-refractivity contribution in [3.63, 3.8) is 0 Å². The van der Waals surface area contributed by atoms with Gasteiger partial charge in [-0.1, -0.05) is 45.7 Å². The fourth-order valence-corrected chi connectivity index (χ4v) is 3.36. The molecular weight excluding hydrogens is 312 g/mol. The predicted octanol–water partition coefficient (Wildman–Crippen LogP) is 4.72. The van der Waals surface area contributed by atoms with Crippen molar-refractivity contribution < 1.29 is 14.3 Å². The first-order valence-corrected chi connectivity index (χ1v) is 8.95. The van der Waals surface area contributed by atoms with Crippen LogP contribution in [0.15, 0.2) is 29.8 Å². The third kappa shape index (κ3) is 4.07. The van der Waals surface area contributed by atoms with Gasteiger partial charge in [-0.15, -0.1) is 6.42 Å². The Morgan fingerprint density at radius 1 is 1.24 bits per heavy atom. The lowest BCUT2D eigenvalue weighted by Gasteiger charge is -2.12. The second-order valence-electron chi connectivity index (χ2n) is 7.11. The lowest BCUT2D eigenvalue weighted by molar-refractivity contribution is -0.145. The fraction of sp³-hybridized carbons (Fsp3) is 0.500. The first-order valence-electron chi connectivity index (χ1n) is 8.95. The van der Waals surface area contributed by atoms with E-state index >= 15 is 0 Å². The zero-order chi connectivity index (χ0) is 18.6. The molecule has 0 radical (unpaired) electrons. The number of esters is 1. The van der Waals surface area contributed by atoms with E-state index in [-0.39, 0.29) is 23.9 Å². The summed E-state index contributed by atoms with van der Waals surface area (Å²) in [5, 5.41) is 0. The number of benzene rings is 1. The molecule has 2 atom stereocenters. The van der Waals surface area contributed by atoms with E-state index in [1.54, 1.807) is 0 Å². The van der Waals surface area contributed by atoms with Crippen molar-refractivity contribution in [2.24, 2.45) is 17.3 Å². The first-order chi connectivity index (χ1) is 11.9. The van der Waals surface area contributed by atoms with Crippen LogP contribution in [0.4, 0.5) is 0 Å². The summed E-state index contributed by atoms with van der Waals surface area (Å²) < 4.78 is 11.0. The smallest absolute Gasteiger partial charge is 0.310 e. The van der Waals surface area contributed by atoms with Gasteiger partial charge in [0.1, 0.15) is 12.4 Å². The highest BCUT2D eigenvalue weighted by molar-refractivity contribution is 5.78. The summed E-state index contributed by atoms with van der Waals surface area (Å²) in [4.78, 5) is 12.3. The SMILES string of the molecule is C#C/C(COC(=O)C1C(C)C1(C)C)=C(/CC)c1ccc(OCC)cc1. The molecule has 0 aromatic heterocycles. The summed E-state index contributed by atoms with van der Waals surface area (Å²) in [5.74, 6) is 3.73. The highest BCUT2D eigenvalue weighted by atomic mass is 16.5. The van der Waals surface area contributed by atoms with Gasteiger partial charge in [-0.05, 0) is 47.9 Å². The number of carbonyl (C=O) groups is 1. The maximum atomic E-state index is 12.3. The van der Waals surface area contributed by atoms with Crippen LogP contribution in [0.5, 0.6) is 5.75 Å². The average Bonchev–Trinajstić information content (AvgIpc) is 3.10. The van der Waals surface area contributed by atoms with Gasteiger partial charge in [0.15, 0.2) is 0 Å². The average molecular weight is 340 g/mol. The van der Waals surface area contributed by atoms with E-state index in [9.17, 15) is 4.79 Å². The Hall–Kier alpha value is -2.21. The van der Waals surface area contributed by atoms with E-state index in [1.165, 1.54) is 0 Å². The number of rotatable bonds is 7. The molecule has 134 valence electrons. The largest absolute Gasteiger partial charge is 0.494 e. The van der Waals surface area contributed by atoms with Gasteiger partial charge in [-0.25, -0.2) is 0 Å². The van der Waals surface area contributed by atoms with Crippen LogP contribution in [0.3, 0.4) is 0 Å². The van der Waals surface area contributed by atoms with Crippen LogP contribution in [-0.2, 0) is 9.53 Å². The van der Waals surface area contributed by atoms with Crippen LogP contribution in [0.25, 0.3) is 5.57 Å². The van der Waals surface area contributed by atoms with E-state index in [0.717, 1.165) is 28.9 Å². The third-order valence-corrected chi connectivity index (χ3v) is 5.38. The Labute approximate surface area is 151 Å². The quantitative estimate of drug-likeness (QED) is 0.532. The molecular formula is C22H28O3. The summed E-state index contributed by atoms with van der Waals surface area (Å²) in [6.07, 6.45) is 6.47. The Bertz CT molecular complexity index is 689. The van der Waals surface area contributed by atoms with Crippen LogP contribution >= 0.6 is 0 Å². The molecule has 1 aromatic rings. The van der Waals surface area contributed by atoms with Crippen LogP contribution in [0, 0.1) is 29.6 Å². The van der Waals surface area contributed by atoms with Crippen LogP contribution in [-0.4, -0.2) is 19.2 Å². The minimum absolute atomic E-state index is 0.0259. The van der Waals surface area contributed by atoms with Gasteiger partial charge >= 0.3 is 5.97 Å². The summed E-state index contributed by atoms with van der Waals surface area (Å²) in [5.41, 5.74) is 2.82. The standard InChI is InChI=1S/C22H28O3/c1-7-16(14-25-21(23)20-15(4)22(20,5)6)19(8-2)17-10-12-18(13-11-17)24-9-3/h1,10-13,15,20H,8-9,14H2,2-6H3/b19-16+. The number of terminal acetylenes is 1. The van der Waals surface area contributed by atoms with Crippen molar-refractivity contribution in [3.8, 4) is 18.1 Å². The molecule has 1 fully saturated rings. The Kier molecular flexibility index (Phi) is 5.95. The van der Waals surface area contributed by atoms with Crippen molar-refractivity contribution in [3.05, 3.63) is 35.4 Å². The normalized spacial score (nSPS) is 21.8. The molecule has 0 spiro atoms. The molecule has 3 nitrogen and oxygen atoms in total. The van der Waals surface area contributed by atoms with Crippen molar-refractivity contribution >= 4 is 11.5 Å². The number of hydrogen-bond donors (Lipinski definition) is 0. The molecule has 1 aliphatic carbocycles. The van der Waals surface area contributed by atoms with Gasteiger partial charge in [0.2, 0.25) is 0 Å². The predicted molar refractivity (Wildman–Crippen MR) is 101 cm³/mol. The number of allylic oxidation sites excluding steroid dienone is 1. The third-order valence-electron chi connectivity index (χ3n) is 5.38. The minimum atomic E-state index is -0.146. The van der Waals surface area contributed by atoms with Crippen molar-refractivity contribution in [2.75, 3.05) is 13.2 Å². The number of hydrogen-bond acceptors (Lipinski definition) is 3. The maximum absolute atomic E-state index is 12.3. The molecule has 25 heavy (non-hydrogen) atoms. The van der Waals surface area contributed by atoms with Crippen molar-refractivity contribution in [1.29, 1.82) is 0 Å². The highest BCUT2D eigenvalue weighted by Gasteiger charge is 2.59. The molecule has 0 saturated heterocycles. The van der Waals surface area contributed by atoms with E-state index < -0.39 is 0 Å². The summed E-state index contributed by atoms with van der Waals surface area (Å²) in [6, 6.07) is 7.86. The molecule has 2 rings (SSSR count). The summed E-state index contributed by atoms with van der Waals surface area (Å²) in [6.45, 7) is 11.1. The molecule has 0 N–H and O–H groups in total. The lowest BCUT2D eigenvalue weighted by Crippen LogP contribution is -2.13. The van der Waals surface area contributed by atoms with Gasteiger partial charge in [0.05, 0.1) is 12.5 Å². The molecule has 1 saturated carbocycles. The van der Waals surface area contributed by atoms with Gasteiger partial charge in [-0.3, -0.25) is 4.79 Å². The molecule has 1 aromatic carbocycles. The Balaban J connectivity index is 2.12. The number of carbonyl (C=O) groups excluding carboxylic acids is 1. The maximum Gasteiger partial charge on any atom is 0.310 e. The summed E-state index contributed by atoms with van der Waals surface area (Å²) >= 11 is 0. The van der Waals surface area contributed by atoms with Gasteiger partial charge in [0, 0.05) is 5.57 Å². The molecule has 0 bridgehead atoms. The second kappa shape index (κ2) is 7.78. The minimum Gasteiger partial charge on any atom is -0.494 e. The molecule has 0 heterocycles.